The molecule has 4 aliphatic rings. The van der Waals surface area contributed by atoms with Crippen LogP contribution in [0.2, 0.25) is 0 Å². The van der Waals surface area contributed by atoms with E-state index in [1.165, 1.54) is 61.7 Å². The molecule has 5 rings (SSSR count). The predicted molar refractivity (Wildman–Crippen MR) is 116 cm³/mol. The number of quaternary nitrogens is 1. The number of hydrogen-bond donors (Lipinski definition) is 0. The first-order chi connectivity index (χ1) is 14.0. The second-order valence-corrected chi connectivity index (χ2v) is 11.1. The first-order valence-corrected chi connectivity index (χ1v) is 12.2. The van der Waals surface area contributed by atoms with Gasteiger partial charge in [-0.2, -0.15) is 0 Å². The number of piperidine rings is 1. The fourth-order valence-corrected chi connectivity index (χ4v) is 7.39. The first-order valence-electron chi connectivity index (χ1n) is 12.2. The molecule has 2 aliphatic heterocycles. The lowest BCUT2D eigenvalue weighted by molar-refractivity contribution is -0.947. The second kappa shape index (κ2) is 7.98. The van der Waals surface area contributed by atoms with Gasteiger partial charge in [0, 0.05) is 12.0 Å². The molecule has 4 fully saturated rings. The minimum atomic E-state index is 0.0326. The van der Waals surface area contributed by atoms with Gasteiger partial charge in [0.2, 0.25) is 0 Å². The Bertz CT molecular complexity index is 681. The van der Waals surface area contributed by atoms with Crippen LogP contribution < -0.4 is 0 Å². The predicted octanol–water partition coefficient (Wildman–Crippen LogP) is 5.39. The summed E-state index contributed by atoms with van der Waals surface area (Å²) >= 11 is 0. The summed E-state index contributed by atoms with van der Waals surface area (Å²) < 4.78 is 14.0. The van der Waals surface area contributed by atoms with Gasteiger partial charge in [0.15, 0.2) is 6.29 Å². The SMILES string of the molecule is CC1(C)[C@H]2CC[C@H](C2)[C@@H]1C[C@H]1OC[C@H](C[N+]2(Cc3ccccc3)CCCCC2)O1. The Hall–Kier alpha value is -0.900. The van der Waals surface area contributed by atoms with Crippen LogP contribution in [0.15, 0.2) is 30.3 Å². The fourth-order valence-electron chi connectivity index (χ4n) is 7.39. The Kier molecular flexibility index (Phi) is 5.51. The van der Waals surface area contributed by atoms with Gasteiger partial charge in [-0.05, 0) is 61.7 Å². The molecular formula is C26H40NO2+. The molecule has 3 nitrogen and oxygen atoms in total. The summed E-state index contributed by atoms with van der Waals surface area (Å²) in [5, 5.41) is 0. The number of hydrogen-bond acceptors (Lipinski definition) is 2. The van der Waals surface area contributed by atoms with E-state index in [0.29, 0.717) is 5.41 Å². The van der Waals surface area contributed by atoms with Crippen molar-refractivity contribution < 1.29 is 14.0 Å². The van der Waals surface area contributed by atoms with Gasteiger partial charge in [-0.3, -0.25) is 0 Å². The van der Waals surface area contributed by atoms with E-state index in [1.807, 2.05) is 0 Å². The molecule has 2 saturated heterocycles. The first kappa shape index (κ1) is 20.0. The molecule has 29 heavy (non-hydrogen) atoms. The highest BCUT2D eigenvalue weighted by Gasteiger charge is 2.53. The minimum Gasteiger partial charge on any atom is -0.350 e. The van der Waals surface area contributed by atoms with E-state index >= 15 is 0 Å². The largest absolute Gasteiger partial charge is 0.350 e. The monoisotopic (exact) mass is 398 g/mol. The third-order valence-corrected chi connectivity index (χ3v) is 9.03. The van der Waals surface area contributed by atoms with Crippen molar-refractivity contribution in [2.45, 2.75) is 77.7 Å². The van der Waals surface area contributed by atoms with Crippen LogP contribution >= 0.6 is 0 Å². The van der Waals surface area contributed by atoms with Crippen molar-refractivity contribution in [3.8, 4) is 0 Å². The Balaban J connectivity index is 1.21. The van der Waals surface area contributed by atoms with E-state index in [-0.39, 0.29) is 12.4 Å². The lowest BCUT2D eigenvalue weighted by atomic mass is 9.67. The van der Waals surface area contributed by atoms with Crippen molar-refractivity contribution in [2.24, 2.45) is 23.2 Å². The number of benzene rings is 1. The zero-order valence-electron chi connectivity index (χ0n) is 18.5. The van der Waals surface area contributed by atoms with Gasteiger partial charge in [0.05, 0.1) is 19.7 Å². The van der Waals surface area contributed by atoms with Crippen molar-refractivity contribution in [3.05, 3.63) is 35.9 Å². The molecule has 0 unspecified atom stereocenters. The van der Waals surface area contributed by atoms with Gasteiger partial charge in [-0.25, -0.2) is 0 Å². The molecular weight excluding hydrogens is 358 g/mol. The molecule has 2 saturated carbocycles. The van der Waals surface area contributed by atoms with Crippen molar-refractivity contribution in [3.63, 3.8) is 0 Å². The van der Waals surface area contributed by atoms with Gasteiger partial charge in [0.1, 0.15) is 19.2 Å². The van der Waals surface area contributed by atoms with Crippen LogP contribution in [-0.4, -0.2) is 43.1 Å². The highest BCUT2D eigenvalue weighted by molar-refractivity contribution is 5.13. The van der Waals surface area contributed by atoms with Crippen molar-refractivity contribution in [1.29, 1.82) is 0 Å². The summed E-state index contributed by atoms with van der Waals surface area (Å²) in [7, 11) is 0. The molecule has 3 heteroatoms. The van der Waals surface area contributed by atoms with Crippen LogP contribution in [0.25, 0.3) is 0 Å². The maximum atomic E-state index is 6.55. The molecule has 2 bridgehead atoms. The highest BCUT2D eigenvalue weighted by Crippen LogP contribution is 2.60. The summed E-state index contributed by atoms with van der Waals surface area (Å²) in [5.74, 6) is 2.63. The van der Waals surface area contributed by atoms with Crippen molar-refractivity contribution >= 4 is 0 Å². The molecule has 0 N–H and O–H groups in total. The van der Waals surface area contributed by atoms with Crippen LogP contribution in [0.3, 0.4) is 0 Å². The molecule has 160 valence electrons. The number of rotatable bonds is 6. The van der Waals surface area contributed by atoms with Gasteiger partial charge in [-0.15, -0.1) is 0 Å². The van der Waals surface area contributed by atoms with E-state index in [4.69, 9.17) is 9.47 Å². The Labute approximate surface area is 177 Å². The molecule has 2 aliphatic carbocycles. The maximum Gasteiger partial charge on any atom is 0.158 e. The van der Waals surface area contributed by atoms with Crippen LogP contribution in [0.1, 0.15) is 64.4 Å². The van der Waals surface area contributed by atoms with E-state index in [0.717, 1.165) is 43.9 Å². The van der Waals surface area contributed by atoms with E-state index < -0.39 is 0 Å². The average molecular weight is 399 g/mol. The Morgan fingerprint density at radius 3 is 2.55 bits per heavy atom. The summed E-state index contributed by atoms with van der Waals surface area (Å²) in [6.45, 7) is 10.6. The maximum absolute atomic E-state index is 6.55. The third kappa shape index (κ3) is 4.03. The van der Waals surface area contributed by atoms with Crippen LogP contribution in [0.5, 0.6) is 0 Å². The zero-order valence-corrected chi connectivity index (χ0v) is 18.5. The molecule has 0 spiro atoms. The highest BCUT2D eigenvalue weighted by atomic mass is 16.7. The fraction of sp³-hybridized carbons (Fsp3) is 0.769. The van der Waals surface area contributed by atoms with Gasteiger partial charge >= 0.3 is 0 Å². The molecule has 2 heterocycles. The summed E-state index contributed by atoms with van der Waals surface area (Å²) in [6, 6.07) is 11.1. The van der Waals surface area contributed by atoms with Gasteiger partial charge < -0.3 is 14.0 Å². The molecule has 0 aromatic heterocycles. The minimum absolute atomic E-state index is 0.0326. The Morgan fingerprint density at radius 1 is 1.03 bits per heavy atom. The van der Waals surface area contributed by atoms with Crippen LogP contribution in [0, 0.1) is 23.2 Å². The quantitative estimate of drug-likeness (QED) is 0.598. The molecule has 0 radical (unpaired) electrons. The number of ether oxygens (including phenoxy) is 2. The van der Waals surface area contributed by atoms with Crippen LogP contribution in [0.4, 0.5) is 0 Å². The molecule has 0 amide bonds. The molecule has 5 atom stereocenters. The van der Waals surface area contributed by atoms with Crippen molar-refractivity contribution in [2.75, 3.05) is 26.2 Å². The topological polar surface area (TPSA) is 18.5 Å². The number of fused-ring (bicyclic) bond motifs is 2. The van der Waals surface area contributed by atoms with Gasteiger partial charge in [0.25, 0.3) is 0 Å². The standard InChI is InChI=1S/C26H40NO2/c1-26(2)22-12-11-21(15-22)24(26)16-25-28-19-23(29-25)18-27(13-7-4-8-14-27)17-20-9-5-3-6-10-20/h3,5-6,9-10,21-25H,4,7-8,11-19H2,1-2H3/q+1/t21-,22+,23+,24+,25+/m1/s1. The summed E-state index contributed by atoms with van der Waals surface area (Å²) in [4.78, 5) is 0. The average Bonchev–Trinajstić information content (AvgIpc) is 3.41. The van der Waals surface area contributed by atoms with Crippen molar-refractivity contribution in [1.82, 2.24) is 0 Å². The van der Waals surface area contributed by atoms with Gasteiger partial charge in [-0.1, -0.05) is 44.2 Å². The Morgan fingerprint density at radius 2 is 1.83 bits per heavy atom. The lowest BCUT2D eigenvalue weighted by Crippen LogP contribution is -2.54. The number of nitrogens with zero attached hydrogens (tertiary/aromatic N) is 1. The smallest absolute Gasteiger partial charge is 0.158 e. The summed E-state index contributed by atoms with van der Waals surface area (Å²) in [5.41, 5.74) is 1.94. The van der Waals surface area contributed by atoms with E-state index in [2.05, 4.69) is 44.2 Å². The third-order valence-electron chi connectivity index (χ3n) is 9.03. The van der Waals surface area contributed by atoms with E-state index in [1.54, 1.807) is 0 Å². The number of likely N-dealkylation sites (tertiary alicyclic amines) is 1. The van der Waals surface area contributed by atoms with Crippen LogP contribution in [-0.2, 0) is 16.0 Å². The second-order valence-electron chi connectivity index (χ2n) is 11.1. The summed E-state index contributed by atoms with van der Waals surface area (Å²) in [6.07, 6.45) is 9.84. The lowest BCUT2D eigenvalue weighted by Gasteiger charge is -2.43. The van der Waals surface area contributed by atoms with E-state index in [9.17, 15) is 0 Å². The zero-order chi connectivity index (χ0) is 19.9. The molecule has 1 aromatic rings. The molecule has 1 aromatic carbocycles. The normalized spacial score (nSPS) is 37.8.